The molecule has 8 nitrogen and oxygen atoms in total. The van der Waals surface area contributed by atoms with Crippen molar-refractivity contribution in [1.82, 2.24) is 19.5 Å². The molecule has 0 atom stereocenters. The van der Waals surface area contributed by atoms with E-state index in [1.165, 1.54) is 6.92 Å². The fourth-order valence-corrected chi connectivity index (χ4v) is 3.66. The lowest BCUT2D eigenvalue weighted by molar-refractivity contribution is 0.272. The summed E-state index contributed by atoms with van der Waals surface area (Å²) in [4.78, 5) is 6.53. The number of halogens is 1. The lowest BCUT2D eigenvalue weighted by Gasteiger charge is -2.32. The van der Waals surface area contributed by atoms with Crippen molar-refractivity contribution >= 4 is 35.1 Å². The number of piperidine rings is 1. The van der Waals surface area contributed by atoms with E-state index in [1.54, 1.807) is 4.52 Å². The summed E-state index contributed by atoms with van der Waals surface area (Å²) < 4.78 is 6.85. The number of hydrogen-bond acceptors (Lipinski definition) is 6. The standard InChI is InChI=1S/C20H22ClN7O/c1-13(22)29-19(23)27-10-7-16(8-11-27)24-20-25-18-17(6-3-9-28(18)26-20)14-4-2-5-15(21)12-14/h2-6,9,12,16,22-23H,7-8,10-11H2,1H3,(H,24,26). The van der Waals surface area contributed by atoms with Gasteiger partial charge in [0.15, 0.2) is 11.5 Å². The highest BCUT2D eigenvalue weighted by Gasteiger charge is 2.23. The highest BCUT2D eigenvalue weighted by molar-refractivity contribution is 6.30. The summed E-state index contributed by atoms with van der Waals surface area (Å²) in [6.07, 6.45) is 3.54. The minimum atomic E-state index is 0.0275. The summed E-state index contributed by atoms with van der Waals surface area (Å²) in [6, 6.07) is 11.9. The molecule has 4 rings (SSSR count). The van der Waals surface area contributed by atoms with E-state index >= 15 is 0 Å². The van der Waals surface area contributed by atoms with E-state index in [0.717, 1.165) is 29.6 Å². The van der Waals surface area contributed by atoms with Crippen molar-refractivity contribution in [3.05, 3.63) is 47.6 Å². The third-order valence-electron chi connectivity index (χ3n) is 4.86. The molecule has 3 aromatic rings. The second-order valence-corrected chi connectivity index (χ2v) is 7.44. The van der Waals surface area contributed by atoms with Gasteiger partial charge >= 0.3 is 0 Å². The zero-order valence-corrected chi connectivity index (χ0v) is 16.8. The number of aromatic nitrogens is 3. The number of nitrogens with one attached hydrogen (secondary N) is 3. The van der Waals surface area contributed by atoms with Gasteiger partial charge in [-0.05, 0) is 42.7 Å². The van der Waals surface area contributed by atoms with Crippen LogP contribution in [0, 0.1) is 10.8 Å². The first-order valence-corrected chi connectivity index (χ1v) is 9.82. The molecule has 3 heterocycles. The lowest BCUT2D eigenvalue weighted by atomic mass is 10.1. The molecule has 3 N–H and O–H groups in total. The molecule has 1 aromatic carbocycles. The summed E-state index contributed by atoms with van der Waals surface area (Å²) in [6.45, 7) is 2.89. The van der Waals surface area contributed by atoms with Crippen LogP contribution in [0.4, 0.5) is 5.95 Å². The Labute approximate surface area is 173 Å². The van der Waals surface area contributed by atoms with Crippen LogP contribution in [0.3, 0.4) is 0 Å². The number of anilines is 1. The summed E-state index contributed by atoms with van der Waals surface area (Å²) >= 11 is 6.15. The largest absolute Gasteiger partial charge is 0.412 e. The monoisotopic (exact) mass is 411 g/mol. The number of rotatable bonds is 3. The Morgan fingerprint density at radius 3 is 2.72 bits per heavy atom. The predicted molar refractivity (Wildman–Crippen MR) is 114 cm³/mol. The molecule has 2 aromatic heterocycles. The van der Waals surface area contributed by atoms with Gasteiger partial charge in [0.2, 0.25) is 5.95 Å². The van der Waals surface area contributed by atoms with Crippen molar-refractivity contribution in [3.8, 4) is 11.1 Å². The average molecular weight is 412 g/mol. The Morgan fingerprint density at radius 1 is 1.21 bits per heavy atom. The first-order chi connectivity index (χ1) is 14.0. The molecule has 0 saturated carbocycles. The molecule has 1 fully saturated rings. The molecular weight excluding hydrogens is 390 g/mol. The molecule has 1 saturated heterocycles. The maximum Gasteiger partial charge on any atom is 0.291 e. The fourth-order valence-electron chi connectivity index (χ4n) is 3.47. The number of fused-ring (bicyclic) bond motifs is 1. The Bertz CT molecular complexity index is 1060. The van der Waals surface area contributed by atoms with Gasteiger partial charge in [-0.3, -0.25) is 10.8 Å². The average Bonchev–Trinajstić information content (AvgIpc) is 3.10. The van der Waals surface area contributed by atoms with Crippen LogP contribution in [0.5, 0.6) is 0 Å². The molecule has 0 spiro atoms. The van der Waals surface area contributed by atoms with E-state index in [1.807, 2.05) is 47.5 Å². The van der Waals surface area contributed by atoms with Gasteiger partial charge in [-0.25, -0.2) is 4.52 Å². The number of ether oxygens (including phenoxy) is 1. The maximum atomic E-state index is 7.90. The minimum absolute atomic E-state index is 0.0275. The first kappa shape index (κ1) is 19.2. The van der Waals surface area contributed by atoms with E-state index in [-0.39, 0.29) is 18.0 Å². The van der Waals surface area contributed by atoms with E-state index in [2.05, 4.69) is 10.4 Å². The van der Waals surface area contributed by atoms with Crippen LogP contribution in [-0.2, 0) is 4.74 Å². The van der Waals surface area contributed by atoms with Crippen LogP contribution >= 0.6 is 11.6 Å². The van der Waals surface area contributed by atoms with Crippen LogP contribution in [0.25, 0.3) is 16.8 Å². The minimum Gasteiger partial charge on any atom is -0.412 e. The van der Waals surface area contributed by atoms with E-state index in [9.17, 15) is 0 Å². The number of benzene rings is 1. The SMILES string of the molecule is CC(=N)OC(=N)N1CCC(Nc2nc3c(-c4cccc(Cl)c4)cccn3n2)CC1. The van der Waals surface area contributed by atoms with Gasteiger partial charge in [-0.1, -0.05) is 23.7 Å². The second kappa shape index (κ2) is 8.08. The highest BCUT2D eigenvalue weighted by Crippen LogP contribution is 2.27. The summed E-state index contributed by atoms with van der Waals surface area (Å²) in [5.41, 5.74) is 2.74. The third kappa shape index (κ3) is 4.32. The van der Waals surface area contributed by atoms with Crippen LogP contribution in [-0.4, -0.2) is 50.5 Å². The lowest BCUT2D eigenvalue weighted by Crippen LogP contribution is -2.43. The summed E-state index contributed by atoms with van der Waals surface area (Å²) in [7, 11) is 0. The van der Waals surface area contributed by atoms with Crippen LogP contribution in [0.15, 0.2) is 42.6 Å². The van der Waals surface area contributed by atoms with Gasteiger partial charge in [0.1, 0.15) is 0 Å². The quantitative estimate of drug-likeness (QED) is 0.448. The number of likely N-dealkylation sites (tertiary alicyclic amines) is 1. The molecule has 0 radical (unpaired) electrons. The van der Waals surface area contributed by atoms with Crippen molar-refractivity contribution in [1.29, 1.82) is 10.8 Å². The molecule has 150 valence electrons. The molecule has 0 aliphatic carbocycles. The maximum absolute atomic E-state index is 7.90. The van der Waals surface area contributed by atoms with Gasteiger partial charge in [0, 0.05) is 42.8 Å². The summed E-state index contributed by atoms with van der Waals surface area (Å²) in [5.74, 6) is 0.610. The molecule has 9 heteroatoms. The van der Waals surface area contributed by atoms with Crippen molar-refractivity contribution < 1.29 is 4.74 Å². The van der Waals surface area contributed by atoms with Crippen LogP contribution in [0.1, 0.15) is 19.8 Å². The number of nitrogens with zero attached hydrogens (tertiary/aromatic N) is 4. The van der Waals surface area contributed by atoms with Gasteiger partial charge in [0.25, 0.3) is 6.02 Å². The van der Waals surface area contributed by atoms with Gasteiger partial charge in [0.05, 0.1) is 0 Å². The van der Waals surface area contributed by atoms with Gasteiger partial charge in [-0.2, -0.15) is 4.98 Å². The van der Waals surface area contributed by atoms with Crippen molar-refractivity contribution in [3.63, 3.8) is 0 Å². The van der Waals surface area contributed by atoms with Gasteiger partial charge < -0.3 is 15.0 Å². The zero-order valence-electron chi connectivity index (χ0n) is 16.0. The smallest absolute Gasteiger partial charge is 0.291 e. The van der Waals surface area contributed by atoms with E-state index in [0.29, 0.717) is 24.1 Å². The van der Waals surface area contributed by atoms with Crippen LogP contribution in [0.2, 0.25) is 5.02 Å². The van der Waals surface area contributed by atoms with Crippen molar-refractivity contribution in [2.24, 2.45) is 0 Å². The zero-order chi connectivity index (χ0) is 20.4. The molecule has 0 bridgehead atoms. The fraction of sp³-hybridized carbons (Fsp3) is 0.300. The Hall–Kier alpha value is -3.13. The van der Waals surface area contributed by atoms with Crippen molar-refractivity contribution in [2.75, 3.05) is 18.4 Å². The highest BCUT2D eigenvalue weighted by atomic mass is 35.5. The van der Waals surface area contributed by atoms with E-state index < -0.39 is 0 Å². The first-order valence-electron chi connectivity index (χ1n) is 9.44. The van der Waals surface area contributed by atoms with Gasteiger partial charge in [-0.15, -0.1) is 5.10 Å². The second-order valence-electron chi connectivity index (χ2n) is 7.00. The molecular formula is C20H22ClN7O. The normalized spacial score (nSPS) is 14.8. The topological polar surface area (TPSA) is 102 Å². The Kier molecular flexibility index (Phi) is 5.35. The molecule has 1 aliphatic rings. The Morgan fingerprint density at radius 2 is 2.00 bits per heavy atom. The van der Waals surface area contributed by atoms with Crippen molar-refractivity contribution in [2.45, 2.75) is 25.8 Å². The number of pyridine rings is 1. The number of hydrogen-bond donors (Lipinski definition) is 3. The third-order valence-corrected chi connectivity index (χ3v) is 5.10. The number of amidine groups is 1. The molecule has 29 heavy (non-hydrogen) atoms. The molecule has 0 unspecified atom stereocenters. The summed E-state index contributed by atoms with van der Waals surface area (Å²) in [5, 5.41) is 23.9. The van der Waals surface area contributed by atoms with E-state index in [4.69, 9.17) is 32.1 Å². The predicted octanol–water partition coefficient (Wildman–Crippen LogP) is 3.87. The molecule has 1 aliphatic heterocycles. The Balaban J connectivity index is 1.47. The van der Waals surface area contributed by atoms with Crippen LogP contribution < -0.4 is 5.32 Å². The molecule has 0 amide bonds.